The van der Waals surface area contributed by atoms with Gasteiger partial charge in [-0.05, 0) is 104 Å². The zero-order valence-electron chi connectivity index (χ0n) is 19.2. The normalized spacial score (nSPS) is 49.6. The van der Waals surface area contributed by atoms with Gasteiger partial charge in [-0.25, -0.2) is 0 Å². The smallest absolute Gasteiger partial charge is 0.0266 e. The molecule has 0 aliphatic heterocycles. The standard InChI is InChI=1S/C27H48/c1-19(2)10-6-7-11-21-13-14-23-25-20(3)18-22-12-8-9-16-26(22,4)24(25)15-17-27(21,23)5/h19-25H,6-18H2,1-5H3. The van der Waals surface area contributed by atoms with E-state index in [0.717, 1.165) is 41.4 Å². The minimum atomic E-state index is 0.686. The van der Waals surface area contributed by atoms with E-state index in [-0.39, 0.29) is 0 Å². The molecule has 0 aromatic carbocycles. The van der Waals surface area contributed by atoms with Crippen LogP contribution in [-0.4, -0.2) is 0 Å². The van der Waals surface area contributed by atoms with Crippen LogP contribution in [0.15, 0.2) is 0 Å². The molecule has 0 aromatic heterocycles. The number of hydrogen-bond acceptors (Lipinski definition) is 0. The van der Waals surface area contributed by atoms with Gasteiger partial charge in [0.15, 0.2) is 0 Å². The van der Waals surface area contributed by atoms with Crippen molar-refractivity contribution in [1.29, 1.82) is 0 Å². The quantitative estimate of drug-likeness (QED) is 0.424. The van der Waals surface area contributed by atoms with Gasteiger partial charge in [-0.15, -0.1) is 0 Å². The summed E-state index contributed by atoms with van der Waals surface area (Å²) in [5.41, 5.74) is 1.39. The van der Waals surface area contributed by atoms with E-state index in [2.05, 4.69) is 34.6 Å². The van der Waals surface area contributed by atoms with Gasteiger partial charge in [0.25, 0.3) is 0 Å². The highest BCUT2D eigenvalue weighted by atomic mass is 14.7. The Labute approximate surface area is 170 Å². The van der Waals surface area contributed by atoms with Crippen LogP contribution in [0.2, 0.25) is 0 Å². The molecule has 0 bridgehead atoms. The zero-order chi connectivity index (χ0) is 19.2. The fraction of sp³-hybridized carbons (Fsp3) is 1.00. The van der Waals surface area contributed by atoms with Crippen LogP contribution in [0.3, 0.4) is 0 Å². The van der Waals surface area contributed by atoms with Crippen molar-refractivity contribution >= 4 is 0 Å². The Morgan fingerprint density at radius 3 is 2.41 bits per heavy atom. The molecule has 0 radical (unpaired) electrons. The summed E-state index contributed by atoms with van der Waals surface area (Å²) in [6.45, 7) is 12.9. The maximum absolute atomic E-state index is 2.75. The molecule has 0 nitrogen and oxygen atoms in total. The van der Waals surface area contributed by atoms with Crippen molar-refractivity contribution in [3.05, 3.63) is 0 Å². The first-order valence-corrected chi connectivity index (χ1v) is 12.9. The number of hydrogen-bond donors (Lipinski definition) is 0. The van der Waals surface area contributed by atoms with E-state index in [9.17, 15) is 0 Å². The van der Waals surface area contributed by atoms with Gasteiger partial charge >= 0.3 is 0 Å². The molecule has 27 heavy (non-hydrogen) atoms. The second-order valence-corrected chi connectivity index (χ2v) is 12.4. The molecule has 0 amide bonds. The monoisotopic (exact) mass is 372 g/mol. The molecular formula is C27H48. The predicted molar refractivity (Wildman–Crippen MR) is 118 cm³/mol. The lowest BCUT2D eigenvalue weighted by Crippen LogP contribution is -2.55. The molecule has 4 fully saturated rings. The van der Waals surface area contributed by atoms with E-state index in [1.807, 2.05) is 0 Å². The lowest BCUT2D eigenvalue weighted by molar-refractivity contribution is -0.134. The van der Waals surface area contributed by atoms with Gasteiger partial charge < -0.3 is 0 Å². The number of fused-ring (bicyclic) bond motifs is 5. The zero-order valence-corrected chi connectivity index (χ0v) is 19.2. The molecule has 8 atom stereocenters. The molecule has 0 saturated heterocycles. The molecule has 0 N–H and O–H groups in total. The summed E-state index contributed by atoms with van der Waals surface area (Å²) in [5, 5.41) is 0. The van der Waals surface area contributed by atoms with Crippen molar-refractivity contribution < 1.29 is 0 Å². The van der Waals surface area contributed by atoms with Gasteiger partial charge in [0, 0.05) is 0 Å². The summed E-state index contributed by atoms with van der Waals surface area (Å²) >= 11 is 0. The van der Waals surface area contributed by atoms with Crippen molar-refractivity contribution in [2.24, 2.45) is 52.3 Å². The lowest BCUT2D eigenvalue weighted by atomic mass is 9.43. The van der Waals surface area contributed by atoms with Crippen LogP contribution in [0.25, 0.3) is 0 Å². The van der Waals surface area contributed by atoms with Crippen LogP contribution in [0.4, 0.5) is 0 Å². The highest BCUT2D eigenvalue weighted by molar-refractivity contribution is 5.10. The summed E-state index contributed by atoms with van der Waals surface area (Å²) in [7, 11) is 0. The third-order valence-electron chi connectivity index (χ3n) is 10.7. The Hall–Kier alpha value is 0. The summed E-state index contributed by atoms with van der Waals surface area (Å²) in [6.07, 6.45) is 19.9. The average molecular weight is 373 g/mol. The highest BCUT2D eigenvalue weighted by Gasteiger charge is 2.60. The molecule has 0 heterocycles. The van der Waals surface area contributed by atoms with Crippen LogP contribution in [0.1, 0.15) is 118 Å². The summed E-state index contributed by atoms with van der Waals surface area (Å²) < 4.78 is 0. The van der Waals surface area contributed by atoms with E-state index in [4.69, 9.17) is 0 Å². The van der Waals surface area contributed by atoms with Crippen molar-refractivity contribution in [2.75, 3.05) is 0 Å². The topological polar surface area (TPSA) is 0 Å². The number of rotatable bonds is 5. The fourth-order valence-corrected chi connectivity index (χ4v) is 9.20. The van der Waals surface area contributed by atoms with Crippen molar-refractivity contribution in [3.8, 4) is 0 Å². The Kier molecular flexibility index (Phi) is 5.77. The molecule has 4 aliphatic carbocycles. The Bertz CT molecular complexity index is 506. The first kappa shape index (κ1) is 20.3. The molecule has 4 saturated carbocycles. The molecule has 156 valence electrons. The minimum absolute atomic E-state index is 0.686. The van der Waals surface area contributed by atoms with E-state index >= 15 is 0 Å². The Morgan fingerprint density at radius 2 is 1.63 bits per heavy atom. The van der Waals surface area contributed by atoms with E-state index in [0.29, 0.717) is 10.8 Å². The van der Waals surface area contributed by atoms with Gasteiger partial charge in [-0.2, -0.15) is 0 Å². The molecular weight excluding hydrogens is 324 g/mol. The van der Waals surface area contributed by atoms with E-state index < -0.39 is 0 Å². The van der Waals surface area contributed by atoms with Gasteiger partial charge in [0.05, 0.1) is 0 Å². The van der Waals surface area contributed by atoms with Crippen molar-refractivity contribution in [3.63, 3.8) is 0 Å². The van der Waals surface area contributed by atoms with Crippen LogP contribution >= 0.6 is 0 Å². The molecule has 8 unspecified atom stereocenters. The van der Waals surface area contributed by atoms with Crippen LogP contribution in [-0.2, 0) is 0 Å². The fourth-order valence-electron chi connectivity index (χ4n) is 9.20. The molecule has 0 spiro atoms. The Balaban J connectivity index is 1.47. The van der Waals surface area contributed by atoms with Gasteiger partial charge in [0.1, 0.15) is 0 Å². The van der Waals surface area contributed by atoms with Gasteiger partial charge in [-0.1, -0.05) is 66.7 Å². The van der Waals surface area contributed by atoms with Crippen LogP contribution < -0.4 is 0 Å². The molecule has 0 aromatic rings. The van der Waals surface area contributed by atoms with Crippen LogP contribution in [0, 0.1) is 52.3 Å². The number of unbranched alkanes of at least 4 members (excludes halogenated alkanes) is 1. The third kappa shape index (κ3) is 3.44. The SMILES string of the molecule is CC(C)CCCCC1CCC2C3C(C)CC4CCCCC4(C)C3CCC12C. The van der Waals surface area contributed by atoms with Crippen LogP contribution in [0.5, 0.6) is 0 Å². The van der Waals surface area contributed by atoms with Gasteiger partial charge in [-0.3, -0.25) is 0 Å². The Morgan fingerprint density at radius 1 is 0.852 bits per heavy atom. The largest absolute Gasteiger partial charge is 0.0628 e. The third-order valence-corrected chi connectivity index (χ3v) is 10.7. The predicted octanol–water partition coefficient (Wildman–Crippen LogP) is 8.50. The summed E-state index contributed by atoms with van der Waals surface area (Å²) in [4.78, 5) is 0. The molecule has 0 heteroatoms. The molecule has 4 aliphatic rings. The van der Waals surface area contributed by atoms with Gasteiger partial charge in [0.2, 0.25) is 0 Å². The summed E-state index contributed by atoms with van der Waals surface area (Å²) in [6, 6.07) is 0. The average Bonchev–Trinajstić information content (AvgIpc) is 2.95. The maximum atomic E-state index is 2.75. The van der Waals surface area contributed by atoms with E-state index in [1.165, 1.54) is 38.5 Å². The van der Waals surface area contributed by atoms with Crippen molar-refractivity contribution in [2.45, 2.75) is 118 Å². The first-order valence-electron chi connectivity index (χ1n) is 12.9. The minimum Gasteiger partial charge on any atom is -0.0628 e. The molecule has 4 rings (SSSR count). The second kappa shape index (κ2) is 7.68. The first-order chi connectivity index (χ1) is 12.9. The highest BCUT2D eigenvalue weighted by Crippen LogP contribution is 2.69. The lowest BCUT2D eigenvalue weighted by Gasteiger charge is -2.62. The summed E-state index contributed by atoms with van der Waals surface area (Å²) in [5.74, 6) is 7.16. The van der Waals surface area contributed by atoms with E-state index in [1.54, 1.807) is 44.9 Å². The maximum Gasteiger partial charge on any atom is -0.0266 e. The second-order valence-electron chi connectivity index (χ2n) is 12.4. The van der Waals surface area contributed by atoms with Crippen molar-refractivity contribution in [1.82, 2.24) is 0 Å².